The number of carbonyl (C=O) groups excluding carboxylic acids is 2. The molecule has 7 heteroatoms. The molecule has 1 aromatic heterocycles. The molecule has 0 bridgehead atoms. The highest BCUT2D eigenvalue weighted by Crippen LogP contribution is 2.32. The van der Waals surface area contributed by atoms with Crippen LogP contribution in [-0.2, 0) is 9.59 Å². The number of benzene rings is 1. The van der Waals surface area contributed by atoms with Crippen LogP contribution in [0.25, 0.3) is 10.2 Å². The zero-order valence-corrected chi connectivity index (χ0v) is 17.9. The Morgan fingerprint density at radius 2 is 1.96 bits per heavy atom. The number of rotatable bonds is 3. The Hall–Kier alpha value is -1.66. The Morgan fingerprint density at radius 3 is 2.56 bits per heavy atom. The van der Waals surface area contributed by atoms with Crippen LogP contribution in [0.5, 0.6) is 0 Å². The number of nitrogens with zero attached hydrogens (tertiary/aromatic N) is 3. The van der Waals surface area contributed by atoms with E-state index < -0.39 is 0 Å². The highest BCUT2D eigenvalue weighted by Gasteiger charge is 2.34. The lowest BCUT2D eigenvalue weighted by Crippen LogP contribution is -2.47. The molecule has 146 valence electrons. The van der Waals surface area contributed by atoms with E-state index in [2.05, 4.69) is 4.98 Å². The molecule has 27 heavy (non-hydrogen) atoms. The molecule has 1 aliphatic heterocycles. The summed E-state index contributed by atoms with van der Waals surface area (Å²) in [5.41, 5.74) is 0.438. The number of hydrogen-bond acceptors (Lipinski definition) is 4. The molecule has 3 rings (SSSR count). The smallest absolute Gasteiger partial charge is 0.232 e. The zero-order valence-electron chi connectivity index (χ0n) is 16.3. The number of amides is 2. The molecule has 5 nitrogen and oxygen atoms in total. The van der Waals surface area contributed by atoms with Crippen molar-refractivity contribution in [3.05, 3.63) is 23.2 Å². The first-order valence-electron chi connectivity index (χ1n) is 9.37. The topological polar surface area (TPSA) is 53.5 Å². The maximum atomic E-state index is 13.1. The maximum absolute atomic E-state index is 13.1. The number of fused-ring (bicyclic) bond motifs is 1. The summed E-state index contributed by atoms with van der Waals surface area (Å²) in [6, 6.07) is 5.60. The van der Waals surface area contributed by atoms with Crippen molar-refractivity contribution in [1.29, 1.82) is 0 Å². The molecule has 0 spiro atoms. The van der Waals surface area contributed by atoms with E-state index in [0.717, 1.165) is 10.2 Å². The quantitative estimate of drug-likeness (QED) is 0.747. The van der Waals surface area contributed by atoms with Crippen molar-refractivity contribution in [3.8, 4) is 0 Å². The molecule has 1 aliphatic rings. The van der Waals surface area contributed by atoms with Crippen LogP contribution in [0.4, 0.5) is 5.13 Å². The largest absolute Gasteiger partial charge is 0.342 e. The molecule has 1 aromatic carbocycles. The standard InChI is InChI=1S/C20H26ClN3O2S/c1-5-24(19-22-15-12-14(21)6-7-16(15)27-19)17(25)13-8-10-23(11-9-13)18(26)20(2,3)4/h6-7,12-13H,5,8-11H2,1-4H3. The van der Waals surface area contributed by atoms with Crippen molar-refractivity contribution in [3.63, 3.8) is 0 Å². The average molecular weight is 408 g/mol. The Kier molecular flexibility index (Phi) is 5.77. The summed E-state index contributed by atoms with van der Waals surface area (Å²) in [4.78, 5) is 33.8. The van der Waals surface area contributed by atoms with E-state index >= 15 is 0 Å². The van der Waals surface area contributed by atoms with E-state index in [9.17, 15) is 9.59 Å². The molecule has 0 N–H and O–H groups in total. The third kappa shape index (κ3) is 4.27. The van der Waals surface area contributed by atoms with Crippen molar-refractivity contribution in [1.82, 2.24) is 9.88 Å². The van der Waals surface area contributed by atoms with Gasteiger partial charge >= 0.3 is 0 Å². The van der Waals surface area contributed by atoms with Gasteiger partial charge in [-0.25, -0.2) is 4.98 Å². The number of halogens is 1. The summed E-state index contributed by atoms with van der Waals surface area (Å²) in [6.45, 7) is 9.63. The Morgan fingerprint density at radius 1 is 1.30 bits per heavy atom. The van der Waals surface area contributed by atoms with Crippen LogP contribution >= 0.6 is 22.9 Å². The molecular formula is C20H26ClN3O2S. The molecule has 2 aromatic rings. The van der Waals surface area contributed by atoms with Crippen molar-refractivity contribution in [2.24, 2.45) is 11.3 Å². The van der Waals surface area contributed by atoms with Gasteiger partial charge in [-0.2, -0.15) is 0 Å². The van der Waals surface area contributed by atoms with Crippen molar-refractivity contribution in [2.75, 3.05) is 24.5 Å². The van der Waals surface area contributed by atoms with Crippen LogP contribution in [0.1, 0.15) is 40.5 Å². The summed E-state index contributed by atoms with van der Waals surface area (Å²) in [5.74, 6) is 0.193. The van der Waals surface area contributed by atoms with Gasteiger partial charge in [-0.3, -0.25) is 14.5 Å². The van der Waals surface area contributed by atoms with Gasteiger partial charge in [-0.1, -0.05) is 43.7 Å². The molecule has 0 unspecified atom stereocenters. The van der Waals surface area contributed by atoms with Gasteiger partial charge in [0.15, 0.2) is 5.13 Å². The predicted molar refractivity (Wildman–Crippen MR) is 111 cm³/mol. The molecule has 1 saturated heterocycles. The van der Waals surface area contributed by atoms with Gasteiger partial charge in [0.1, 0.15) is 0 Å². The summed E-state index contributed by atoms with van der Waals surface area (Å²) in [5, 5.41) is 1.36. The molecule has 0 atom stereocenters. The maximum Gasteiger partial charge on any atom is 0.232 e. The number of aromatic nitrogens is 1. The summed E-state index contributed by atoms with van der Waals surface area (Å²) >= 11 is 7.56. The van der Waals surface area contributed by atoms with Gasteiger partial charge in [0.25, 0.3) is 0 Å². The first-order chi connectivity index (χ1) is 12.7. The SMILES string of the molecule is CCN(C(=O)C1CCN(C(=O)C(C)(C)C)CC1)c1nc2cc(Cl)ccc2s1. The van der Waals surface area contributed by atoms with Crippen LogP contribution in [0.3, 0.4) is 0 Å². The van der Waals surface area contributed by atoms with Gasteiger partial charge in [0, 0.05) is 36.0 Å². The van der Waals surface area contributed by atoms with Crippen molar-refractivity contribution >= 4 is 50.1 Å². The number of piperidine rings is 1. The zero-order chi connectivity index (χ0) is 19.8. The average Bonchev–Trinajstić information content (AvgIpc) is 3.03. The molecule has 0 saturated carbocycles. The van der Waals surface area contributed by atoms with Crippen LogP contribution in [0.15, 0.2) is 18.2 Å². The second kappa shape index (κ2) is 7.76. The lowest BCUT2D eigenvalue weighted by molar-refractivity contribution is -0.142. The van der Waals surface area contributed by atoms with E-state index in [0.29, 0.717) is 42.6 Å². The third-order valence-corrected chi connectivity index (χ3v) is 6.22. The van der Waals surface area contributed by atoms with Gasteiger partial charge < -0.3 is 4.90 Å². The molecule has 0 aliphatic carbocycles. The third-order valence-electron chi connectivity index (χ3n) is 4.92. The van der Waals surface area contributed by atoms with Crippen LogP contribution < -0.4 is 4.90 Å². The summed E-state index contributed by atoms with van der Waals surface area (Å²) in [7, 11) is 0. The lowest BCUT2D eigenvalue weighted by atomic mass is 9.90. The lowest BCUT2D eigenvalue weighted by Gasteiger charge is -2.36. The number of likely N-dealkylation sites (tertiary alicyclic amines) is 1. The van der Waals surface area contributed by atoms with Gasteiger partial charge in [0.2, 0.25) is 11.8 Å². The van der Waals surface area contributed by atoms with Crippen LogP contribution in [0, 0.1) is 11.3 Å². The predicted octanol–water partition coefficient (Wildman–Crippen LogP) is 4.59. The molecular weight excluding hydrogens is 382 g/mol. The van der Waals surface area contributed by atoms with Gasteiger partial charge in [0.05, 0.1) is 10.2 Å². The van der Waals surface area contributed by atoms with Gasteiger partial charge in [-0.05, 0) is 38.0 Å². The minimum atomic E-state index is -0.380. The molecule has 2 heterocycles. The first-order valence-corrected chi connectivity index (χ1v) is 10.6. The summed E-state index contributed by atoms with van der Waals surface area (Å²) in [6.07, 6.45) is 1.40. The fourth-order valence-corrected chi connectivity index (χ4v) is 4.60. The minimum absolute atomic E-state index is 0.0652. The number of anilines is 1. The second-order valence-electron chi connectivity index (χ2n) is 8.01. The van der Waals surface area contributed by atoms with Crippen molar-refractivity contribution < 1.29 is 9.59 Å². The molecule has 2 amide bonds. The monoisotopic (exact) mass is 407 g/mol. The Balaban J connectivity index is 1.71. The Bertz CT molecular complexity index is 851. The van der Waals surface area contributed by atoms with E-state index in [1.165, 1.54) is 11.3 Å². The van der Waals surface area contributed by atoms with Crippen LogP contribution in [-0.4, -0.2) is 41.3 Å². The minimum Gasteiger partial charge on any atom is -0.342 e. The van der Waals surface area contributed by atoms with E-state index in [1.807, 2.05) is 50.8 Å². The second-order valence-corrected chi connectivity index (χ2v) is 9.45. The van der Waals surface area contributed by atoms with Crippen LogP contribution in [0.2, 0.25) is 5.02 Å². The number of thiazole rings is 1. The number of carbonyl (C=O) groups is 2. The highest BCUT2D eigenvalue weighted by atomic mass is 35.5. The number of hydrogen-bond donors (Lipinski definition) is 0. The fraction of sp³-hybridized carbons (Fsp3) is 0.550. The normalized spacial score (nSPS) is 16.0. The van der Waals surface area contributed by atoms with E-state index in [4.69, 9.17) is 11.6 Å². The molecule has 0 radical (unpaired) electrons. The highest BCUT2D eigenvalue weighted by molar-refractivity contribution is 7.22. The van der Waals surface area contributed by atoms with Gasteiger partial charge in [-0.15, -0.1) is 0 Å². The summed E-state index contributed by atoms with van der Waals surface area (Å²) < 4.78 is 1.02. The van der Waals surface area contributed by atoms with Crippen molar-refractivity contribution in [2.45, 2.75) is 40.5 Å². The fourth-order valence-electron chi connectivity index (χ4n) is 3.41. The van der Waals surface area contributed by atoms with E-state index in [1.54, 1.807) is 4.90 Å². The Labute approximate surface area is 169 Å². The first kappa shape index (κ1) is 20.1. The van der Waals surface area contributed by atoms with E-state index in [-0.39, 0.29) is 23.1 Å². The molecule has 1 fully saturated rings.